The maximum Gasteiger partial charge on any atom is 0.342 e. The topological polar surface area (TPSA) is 130 Å². The van der Waals surface area contributed by atoms with Crippen LogP contribution >= 0.6 is 0 Å². The van der Waals surface area contributed by atoms with E-state index < -0.39 is 17.7 Å². The highest BCUT2D eigenvalue weighted by Gasteiger charge is 2.42. The van der Waals surface area contributed by atoms with Gasteiger partial charge in [-0.2, -0.15) is 0 Å². The highest BCUT2D eigenvalue weighted by atomic mass is 16.5. The van der Waals surface area contributed by atoms with Gasteiger partial charge in [-0.15, -0.1) is 0 Å². The van der Waals surface area contributed by atoms with Crippen LogP contribution in [0.3, 0.4) is 0 Å². The number of hydrogen-bond donors (Lipinski definition) is 1. The average molecular weight is 415 g/mol. The number of aromatic nitrogens is 1. The van der Waals surface area contributed by atoms with Gasteiger partial charge in [0, 0.05) is 12.1 Å². The number of nitrogens with two attached hydrogens (primary N) is 1. The first-order chi connectivity index (χ1) is 14.3. The van der Waals surface area contributed by atoms with Crippen molar-refractivity contribution >= 4 is 34.9 Å². The van der Waals surface area contributed by atoms with Crippen molar-refractivity contribution in [1.29, 1.82) is 0 Å². The van der Waals surface area contributed by atoms with E-state index in [0.29, 0.717) is 5.75 Å². The summed E-state index contributed by atoms with van der Waals surface area (Å²) in [5.74, 6) is -1.56. The number of carbonyl (C=O) groups excluding carboxylic acids is 3. The number of nitrogens with zero attached hydrogens (tertiary/aromatic N) is 2. The van der Waals surface area contributed by atoms with Crippen LogP contribution in [0.25, 0.3) is 0 Å². The molecule has 0 bridgehead atoms. The number of aryl methyl sites for hydroxylation is 1. The van der Waals surface area contributed by atoms with Gasteiger partial charge < -0.3 is 24.7 Å². The van der Waals surface area contributed by atoms with Crippen LogP contribution in [0.2, 0.25) is 0 Å². The molecule has 1 aromatic carbocycles. The minimum atomic E-state index is -0.880. The van der Waals surface area contributed by atoms with E-state index in [9.17, 15) is 14.4 Å². The number of hydrogen-bond acceptors (Lipinski definition) is 9. The summed E-state index contributed by atoms with van der Waals surface area (Å²) in [6, 6.07) is 3.02. The molecular weight excluding hydrogens is 394 g/mol. The molecule has 158 valence electrons. The van der Waals surface area contributed by atoms with Crippen LogP contribution in [0.15, 0.2) is 12.1 Å². The number of ether oxygens (including phenoxy) is 4. The Balaban J connectivity index is 2.24. The third-order valence-corrected chi connectivity index (χ3v) is 4.62. The molecule has 1 amide bonds. The number of rotatable bonds is 6. The maximum atomic E-state index is 12.8. The molecule has 1 aliphatic rings. The van der Waals surface area contributed by atoms with E-state index in [-0.39, 0.29) is 52.1 Å². The second-order valence-corrected chi connectivity index (χ2v) is 6.26. The van der Waals surface area contributed by atoms with Crippen LogP contribution in [0.4, 0.5) is 17.2 Å². The molecule has 0 saturated carbocycles. The molecule has 0 fully saturated rings. The Bertz CT molecular complexity index is 1040. The third kappa shape index (κ3) is 3.06. The predicted molar refractivity (Wildman–Crippen MR) is 107 cm³/mol. The average Bonchev–Trinajstić information content (AvgIpc) is 2.97. The fourth-order valence-electron chi connectivity index (χ4n) is 3.30. The molecule has 3 rings (SSSR count). The molecule has 0 spiro atoms. The van der Waals surface area contributed by atoms with Gasteiger partial charge in [0.2, 0.25) is 5.75 Å². The standard InChI is InChI=1S/C20H21N3O7/c1-6-30-20(26)13-9(2)22-18-14(15(13)21)16(24)19(25)23(18)10-7-11(27-3)17(29-5)12(8-10)28-4/h7-8H,6H2,1-5H3,(H2,21,22). The highest BCUT2D eigenvalue weighted by molar-refractivity contribution is 6.54. The molecule has 10 heteroatoms. The third-order valence-electron chi connectivity index (χ3n) is 4.62. The van der Waals surface area contributed by atoms with Gasteiger partial charge in [0.15, 0.2) is 17.3 Å². The Morgan fingerprint density at radius 1 is 1.10 bits per heavy atom. The normalized spacial score (nSPS) is 12.6. The number of benzene rings is 1. The molecule has 1 aliphatic heterocycles. The summed E-state index contributed by atoms with van der Waals surface area (Å²) in [5.41, 5.74) is 6.26. The van der Waals surface area contributed by atoms with Gasteiger partial charge in [-0.3, -0.25) is 14.5 Å². The quantitative estimate of drug-likeness (QED) is 0.556. The molecule has 0 radical (unpaired) electrons. The number of Topliss-reactive ketones (excluding diaryl/α,β-unsaturated/α-hetero) is 1. The maximum absolute atomic E-state index is 12.8. The van der Waals surface area contributed by atoms with Crippen molar-refractivity contribution in [3.63, 3.8) is 0 Å². The minimum Gasteiger partial charge on any atom is -0.493 e. The number of carbonyl (C=O) groups is 3. The van der Waals surface area contributed by atoms with Gasteiger partial charge >= 0.3 is 11.9 Å². The van der Waals surface area contributed by atoms with E-state index in [1.807, 2.05) is 0 Å². The molecule has 2 N–H and O–H groups in total. The predicted octanol–water partition coefficient (Wildman–Crippen LogP) is 2.04. The molecule has 2 aromatic rings. The zero-order valence-corrected chi connectivity index (χ0v) is 17.2. The van der Waals surface area contributed by atoms with E-state index in [2.05, 4.69) is 4.98 Å². The SMILES string of the molecule is CCOC(=O)c1c(C)nc2c(c1N)C(=O)C(=O)N2c1cc(OC)c(OC)c(OC)c1. The molecule has 1 aromatic heterocycles. The summed E-state index contributed by atoms with van der Waals surface area (Å²) in [7, 11) is 4.30. The molecular formula is C20H21N3O7. The van der Waals surface area contributed by atoms with Crippen LogP contribution in [-0.4, -0.2) is 50.6 Å². The number of nitrogen functional groups attached to an aromatic ring is 1. The lowest BCUT2D eigenvalue weighted by Gasteiger charge is -2.20. The van der Waals surface area contributed by atoms with Gasteiger partial charge in [-0.25, -0.2) is 9.78 Å². The molecule has 2 heterocycles. The highest BCUT2D eigenvalue weighted by Crippen LogP contribution is 2.45. The van der Waals surface area contributed by atoms with Crippen LogP contribution in [0.1, 0.15) is 33.3 Å². The zero-order valence-electron chi connectivity index (χ0n) is 17.2. The lowest BCUT2D eigenvalue weighted by Crippen LogP contribution is -2.25. The van der Waals surface area contributed by atoms with Crippen LogP contribution in [-0.2, 0) is 9.53 Å². The summed E-state index contributed by atoms with van der Waals surface area (Å²) >= 11 is 0. The Kier molecular flexibility index (Phi) is 5.50. The molecule has 30 heavy (non-hydrogen) atoms. The van der Waals surface area contributed by atoms with Crippen molar-refractivity contribution in [2.24, 2.45) is 0 Å². The summed E-state index contributed by atoms with van der Waals surface area (Å²) in [6.07, 6.45) is 0. The van der Waals surface area contributed by atoms with Crippen molar-refractivity contribution < 1.29 is 33.3 Å². The lowest BCUT2D eigenvalue weighted by molar-refractivity contribution is -0.113. The smallest absolute Gasteiger partial charge is 0.342 e. The summed E-state index contributed by atoms with van der Waals surface area (Å²) in [5, 5.41) is 0. The number of anilines is 3. The number of ketones is 1. The van der Waals surface area contributed by atoms with Gasteiger partial charge in [-0.05, 0) is 13.8 Å². The molecule has 0 atom stereocenters. The number of esters is 1. The number of amides is 1. The lowest BCUT2D eigenvalue weighted by atomic mass is 10.1. The molecule has 0 unspecified atom stereocenters. The first-order valence-electron chi connectivity index (χ1n) is 8.96. The van der Waals surface area contributed by atoms with Crippen LogP contribution in [0, 0.1) is 6.92 Å². The molecule has 0 saturated heterocycles. The number of methoxy groups -OCH3 is 3. The largest absolute Gasteiger partial charge is 0.493 e. The van der Waals surface area contributed by atoms with Gasteiger partial charge in [0.1, 0.15) is 5.56 Å². The second kappa shape index (κ2) is 7.90. The van der Waals surface area contributed by atoms with Gasteiger partial charge in [-0.1, -0.05) is 0 Å². The summed E-state index contributed by atoms with van der Waals surface area (Å²) in [6.45, 7) is 3.31. The minimum absolute atomic E-state index is 0.0160. The Hall–Kier alpha value is -3.82. The second-order valence-electron chi connectivity index (χ2n) is 6.26. The van der Waals surface area contributed by atoms with Crippen LogP contribution < -0.4 is 24.8 Å². The van der Waals surface area contributed by atoms with E-state index in [0.717, 1.165) is 4.90 Å². The van der Waals surface area contributed by atoms with E-state index in [1.54, 1.807) is 13.8 Å². The van der Waals surface area contributed by atoms with Crippen molar-refractivity contribution in [2.75, 3.05) is 38.6 Å². The Morgan fingerprint density at radius 2 is 1.70 bits per heavy atom. The van der Waals surface area contributed by atoms with Crippen molar-refractivity contribution in [2.45, 2.75) is 13.8 Å². The van der Waals surface area contributed by atoms with Gasteiger partial charge in [0.05, 0.1) is 50.6 Å². The Labute approximate surface area is 172 Å². The fraction of sp³-hybridized carbons (Fsp3) is 0.300. The summed E-state index contributed by atoms with van der Waals surface area (Å²) in [4.78, 5) is 43.2. The molecule has 0 aliphatic carbocycles. The first-order valence-corrected chi connectivity index (χ1v) is 8.96. The monoisotopic (exact) mass is 415 g/mol. The van der Waals surface area contributed by atoms with Crippen molar-refractivity contribution in [1.82, 2.24) is 4.98 Å². The van der Waals surface area contributed by atoms with Gasteiger partial charge in [0.25, 0.3) is 5.78 Å². The van der Waals surface area contributed by atoms with E-state index in [4.69, 9.17) is 24.7 Å². The fourth-order valence-corrected chi connectivity index (χ4v) is 3.30. The zero-order chi connectivity index (χ0) is 22.2. The van der Waals surface area contributed by atoms with Crippen molar-refractivity contribution in [3.05, 3.63) is 29.0 Å². The van der Waals surface area contributed by atoms with E-state index in [1.165, 1.54) is 33.5 Å². The Morgan fingerprint density at radius 3 is 2.20 bits per heavy atom. The van der Waals surface area contributed by atoms with E-state index >= 15 is 0 Å². The molecule has 10 nitrogen and oxygen atoms in total. The first kappa shape index (κ1) is 20.9. The van der Waals surface area contributed by atoms with Crippen LogP contribution in [0.5, 0.6) is 17.2 Å². The number of pyridine rings is 1. The summed E-state index contributed by atoms with van der Waals surface area (Å²) < 4.78 is 20.9. The van der Waals surface area contributed by atoms with Crippen molar-refractivity contribution in [3.8, 4) is 17.2 Å². The number of fused-ring (bicyclic) bond motifs is 1.